The Labute approximate surface area is 174 Å². The fraction of sp³-hybridized carbons (Fsp3) is 0.588. The van der Waals surface area contributed by atoms with Gasteiger partial charge in [0, 0.05) is 27.2 Å². The number of nitrogens with zero attached hydrogens (tertiary/aromatic N) is 1. The molecule has 0 atom stereocenters. The van der Waals surface area contributed by atoms with Gasteiger partial charge in [-0.2, -0.15) is 13.2 Å². The number of benzene rings is 1. The Morgan fingerprint density at radius 2 is 1.67 bits per heavy atom. The van der Waals surface area contributed by atoms with E-state index in [9.17, 15) is 13.2 Å². The maximum atomic E-state index is 12.0. The molecule has 0 unspecified atom stereocenters. The zero-order chi connectivity index (χ0) is 19.3. The zero-order valence-corrected chi connectivity index (χ0v) is 17.8. The second-order valence-corrected chi connectivity index (χ2v) is 5.38. The van der Waals surface area contributed by atoms with Crippen LogP contribution in [0.4, 0.5) is 13.2 Å². The van der Waals surface area contributed by atoms with Crippen molar-refractivity contribution in [2.75, 3.05) is 47.1 Å². The fourth-order valence-electron chi connectivity index (χ4n) is 1.93. The van der Waals surface area contributed by atoms with Crippen LogP contribution in [-0.4, -0.2) is 59.3 Å². The highest BCUT2D eigenvalue weighted by molar-refractivity contribution is 14.0. The molecular formula is C17H27F3IN3O3. The van der Waals surface area contributed by atoms with Crippen LogP contribution in [0.3, 0.4) is 0 Å². The number of halogens is 4. The molecule has 0 bridgehead atoms. The van der Waals surface area contributed by atoms with Gasteiger partial charge in [-0.15, -0.1) is 24.0 Å². The first-order chi connectivity index (χ1) is 12.4. The van der Waals surface area contributed by atoms with E-state index in [1.54, 1.807) is 26.3 Å². The number of hydrogen-bond donors (Lipinski definition) is 2. The van der Waals surface area contributed by atoms with Crippen molar-refractivity contribution in [3.8, 4) is 0 Å². The van der Waals surface area contributed by atoms with Crippen molar-refractivity contribution in [2.24, 2.45) is 4.99 Å². The molecule has 27 heavy (non-hydrogen) atoms. The first-order valence-corrected chi connectivity index (χ1v) is 8.18. The van der Waals surface area contributed by atoms with Crippen LogP contribution in [0, 0.1) is 0 Å². The van der Waals surface area contributed by atoms with Crippen molar-refractivity contribution in [1.29, 1.82) is 0 Å². The molecule has 1 aromatic rings. The minimum atomic E-state index is -4.30. The summed E-state index contributed by atoms with van der Waals surface area (Å²) in [6, 6.07) is 7.15. The second kappa shape index (κ2) is 14.9. The predicted octanol–water partition coefficient (Wildman–Crippen LogP) is 2.71. The molecule has 6 nitrogen and oxygen atoms in total. The SMILES string of the molecule is CN=C(NCCOCCOC)NCc1ccc(COCC(F)(F)F)cc1.I. The number of alkyl halides is 3. The summed E-state index contributed by atoms with van der Waals surface area (Å²) in [6.07, 6.45) is -4.30. The summed E-state index contributed by atoms with van der Waals surface area (Å²) >= 11 is 0. The number of guanidine groups is 1. The molecule has 1 rings (SSSR count). The number of methoxy groups -OCH3 is 1. The van der Waals surface area contributed by atoms with E-state index >= 15 is 0 Å². The summed E-state index contributed by atoms with van der Waals surface area (Å²) in [5, 5.41) is 6.27. The lowest BCUT2D eigenvalue weighted by molar-refractivity contribution is -0.176. The number of aliphatic imine (C=N–C) groups is 1. The van der Waals surface area contributed by atoms with Crippen LogP contribution >= 0.6 is 24.0 Å². The van der Waals surface area contributed by atoms with E-state index in [0.29, 0.717) is 44.4 Å². The predicted molar refractivity (Wildman–Crippen MR) is 108 cm³/mol. The van der Waals surface area contributed by atoms with E-state index in [0.717, 1.165) is 5.56 Å². The summed E-state index contributed by atoms with van der Waals surface area (Å²) in [6.45, 7) is 1.48. The van der Waals surface area contributed by atoms with Crippen molar-refractivity contribution in [2.45, 2.75) is 19.3 Å². The maximum Gasteiger partial charge on any atom is 0.411 e. The lowest BCUT2D eigenvalue weighted by atomic mass is 10.1. The van der Waals surface area contributed by atoms with Gasteiger partial charge in [0.05, 0.1) is 26.4 Å². The number of ether oxygens (including phenoxy) is 3. The van der Waals surface area contributed by atoms with Gasteiger partial charge < -0.3 is 24.8 Å². The highest BCUT2D eigenvalue weighted by Crippen LogP contribution is 2.15. The molecule has 0 saturated carbocycles. The van der Waals surface area contributed by atoms with Gasteiger partial charge in [-0.25, -0.2) is 0 Å². The van der Waals surface area contributed by atoms with Gasteiger partial charge in [0.1, 0.15) is 6.61 Å². The standard InChI is InChI=1S/C17H26F3N3O3.HI/c1-21-16(22-7-8-25-10-9-24-2)23-11-14-3-5-15(6-4-14)12-26-13-17(18,19)20;/h3-6H,7-13H2,1-2H3,(H2,21,22,23);1H. The molecular weight excluding hydrogens is 478 g/mol. The molecule has 2 N–H and O–H groups in total. The molecule has 0 aliphatic carbocycles. The minimum absolute atomic E-state index is 0. The van der Waals surface area contributed by atoms with E-state index in [2.05, 4.69) is 20.4 Å². The summed E-state index contributed by atoms with van der Waals surface area (Å²) in [7, 11) is 3.29. The Balaban J connectivity index is 0.00000676. The molecule has 10 heteroatoms. The average molecular weight is 505 g/mol. The molecule has 156 valence electrons. The summed E-state index contributed by atoms with van der Waals surface area (Å²) in [4.78, 5) is 4.11. The smallest absolute Gasteiger partial charge is 0.382 e. The monoisotopic (exact) mass is 505 g/mol. The van der Waals surface area contributed by atoms with Gasteiger partial charge in [-0.05, 0) is 11.1 Å². The largest absolute Gasteiger partial charge is 0.411 e. The quantitative estimate of drug-likeness (QED) is 0.210. The third kappa shape index (κ3) is 13.7. The van der Waals surface area contributed by atoms with E-state index < -0.39 is 12.8 Å². The van der Waals surface area contributed by atoms with Gasteiger partial charge in [-0.3, -0.25) is 4.99 Å². The summed E-state index contributed by atoms with van der Waals surface area (Å²) in [5.41, 5.74) is 1.66. The molecule has 0 fully saturated rings. The fourth-order valence-corrected chi connectivity index (χ4v) is 1.93. The van der Waals surface area contributed by atoms with Gasteiger partial charge >= 0.3 is 6.18 Å². The highest BCUT2D eigenvalue weighted by Gasteiger charge is 2.27. The van der Waals surface area contributed by atoms with E-state index in [4.69, 9.17) is 9.47 Å². The first-order valence-electron chi connectivity index (χ1n) is 8.18. The molecule has 0 heterocycles. The van der Waals surface area contributed by atoms with Gasteiger partial charge in [0.2, 0.25) is 0 Å². The Morgan fingerprint density at radius 3 is 2.26 bits per heavy atom. The van der Waals surface area contributed by atoms with Gasteiger partial charge in [0.25, 0.3) is 0 Å². The van der Waals surface area contributed by atoms with E-state index in [-0.39, 0.29) is 30.6 Å². The molecule has 0 aromatic heterocycles. The maximum absolute atomic E-state index is 12.0. The van der Waals surface area contributed by atoms with E-state index in [1.807, 2.05) is 12.1 Å². The Hall–Kier alpha value is -1.11. The molecule has 0 amide bonds. The van der Waals surface area contributed by atoms with Crippen LogP contribution in [-0.2, 0) is 27.4 Å². The third-order valence-corrected chi connectivity index (χ3v) is 3.21. The Bertz CT molecular complexity index is 528. The van der Waals surface area contributed by atoms with Crippen LogP contribution in [0.2, 0.25) is 0 Å². The van der Waals surface area contributed by atoms with Gasteiger partial charge in [0.15, 0.2) is 5.96 Å². The Morgan fingerprint density at radius 1 is 1.00 bits per heavy atom. The van der Waals surface area contributed by atoms with Crippen molar-refractivity contribution >= 4 is 29.9 Å². The van der Waals surface area contributed by atoms with Gasteiger partial charge in [-0.1, -0.05) is 24.3 Å². The molecule has 1 aromatic carbocycles. The average Bonchev–Trinajstić information content (AvgIpc) is 2.60. The summed E-state index contributed by atoms with van der Waals surface area (Å²) in [5.74, 6) is 0.637. The second-order valence-electron chi connectivity index (χ2n) is 5.38. The molecule has 0 saturated heterocycles. The first kappa shape index (κ1) is 25.9. The topological polar surface area (TPSA) is 64.1 Å². The van der Waals surface area contributed by atoms with Crippen LogP contribution in [0.5, 0.6) is 0 Å². The lowest BCUT2D eigenvalue weighted by Crippen LogP contribution is -2.38. The van der Waals surface area contributed by atoms with Crippen molar-refractivity contribution < 1.29 is 27.4 Å². The number of hydrogen-bond acceptors (Lipinski definition) is 4. The van der Waals surface area contributed by atoms with E-state index in [1.165, 1.54) is 0 Å². The molecule has 0 spiro atoms. The van der Waals surface area contributed by atoms with Crippen LogP contribution in [0.1, 0.15) is 11.1 Å². The number of rotatable bonds is 11. The third-order valence-electron chi connectivity index (χ3n) is 3.21. The summed E-state index contributed by atoms with van der Waals surface area (Å²) < 4.78 is 51.0. The molecule has 0 radical (unpaired) electrons. The number of nitrogens with one attached hydrogen (secondary N) is 2. The van der Waals surface area contributed by atoms with Crippen LogP contribution in [0.15, 0.2) is 29.3 Å². The highest BCUT2D eigenvalue weighted by atomic mass is 127. The molecule has 0 aliphatic rings. The van der Waals surface area contributed by atoms with Crippen molar-refractivity contribution in [3.63, 3.8) is 0 Å². The lowest BCUT2D eigenvalue weighted by Gasteiger charge is -2.12. The minimum Gasteiger partial charge on any atom is -0.382 e. The molecule has 0 aliphatic heterocycles. The van der Waals surface area contributed by atoms with Crippen LogP contribution < -0.4 is 10.6 Å². The Kier molecular flexibility index (Phi) is 14.3. The van der Waals surface area contributed by atoms with Crippen molar-refractivity contribution in [1.82, 2.24) is 10.6 Å². The van der Waals surface area contributed by atoms with Crippen LogP contribution in [0.25, 0.3) is 0 Å². The normalized spacial score (nSPS) is 11.8. The van der Waals surface area contributed by atoms with Crippen molar-refractivity contribution in [3.05, 3.63) is 35.4 Å². The zero-order valence-electron chi connectivity index (χ0n) is 15.5.